The molecule has 29 heavy (non-hydrogen) atoms. The predicted molar refractivity (Wildman–Crippen MR) is 117 cm³/mol. The van der Waals surface area contributed by atoms with E-state index in [1.807, 2.05) is 53.1 Å². The van der Waals surface area contributed by atoms with Crippen molar-refractivity contribution in [3.8, 4) is 0 Å². The topological polar surface area (TPSA) is 51.5 Å². The maximum Gasteiger partial charge on any atom is 0.261 e. The highest BCUT2D eigenvalue weighted by molar-refractivity contribution is 5.77. The van der Waals surface area contributed by atoms with E-state index in [0.717, 1.165) is 29.9 Å². The second kappa shape index (κ2) is 8.84. The van der Waals surface area contributed by atoms with Crippen LogP contribution in [-0.4, -0.2) is 9.55 Å². The average molecular weight is 385 g/mol. The number of nitrogens with zero attached hydrogens (tertiary/aromatic N) is 2. The summed E-state index contributed by atoms with van der Waals surface area (Å²) in [6, 6.07) is 28.3. The Hall–Kier alpha value is -3.24. The van der Waals surface area contributed by atoms with Crippen LogP contribution in [0.1, 0.15) is 36.3 Å². The number of nitrogens with two attached hydrogens (primary N) is 1. The van der Waals surface area contributed by atoms with E-state index in [0.29, 0.717) is 11.9 Å². The third-order valence-electron chi connectivity index (χ3n) is 5.33. The number of benzene rings is 3. The smallest absolute Gasteiger partial charge is 0.261 e. The Balaban J connectivity index is 1.75. The number of aromatic nitrogens is 2. The van der Waals surface area contributed by atoms with Crippen LogP contribution in [0.15, 0.2) is 89.7 Å². The molecule has 1 heterocycles. The fraction of sp³-hybridized carbons (Fsp3) is 0.200. The van der Waals surface area contributed by atoms with Crippen LogP contribution in [0.2, 0.25) is 0 Å². The minimum Gasteiger partial charge on any atom is -0.334 e. The summed E-state index contributed by atoms with van der Waals surface area (Å²) in [6.45, 7) is 3.54. The van der Waals surface area contributed by atoms with Crippen LogP contribution < -0.4 is 10.9 Å². The summed E-state index contributed by atoms with van der Waals surface area (Å²) in [6.07, 6.45) is 0.895. The summed E-state index contributed by atoms with van der Waals surface area (Å²) in [5, 5.41) is 2.96. The lowest BCUT2D eigenvalue weighted by Gasteiger charge is -2.19. The molecule has 3 aromatic carbocycles. The minimum atomic E-state index is 0.0287. The van der Waals surface area contributed by atoms with Crippen molar-refractivity contribution in [1.82, 2.24) is 9.55 Å². The number of fused-ring (bicyclic) bond motifs is 1. The highest BCUT2D eigenvalue weighted by atomic mass is 16.1. The third kappa shape index (κ3) is 4.28. The van der Waals surface area contributed by atoms with Gasteiger partial charge in [-0.05, 0) is 17.7 Å². The molecule has 0 unspecified atom stereocenters. The standard InChI is InChI=1S/C25H25N3O/c1-2-22(26-17-19-11-5-3-6-12-19)24-27-23-16-10-9-15-21(23)25(29)28(24)18-20-13-7-4-8-14-20/h3-16,22,26H,2,17-18H2,1H3/p+1/t22-/m0/s1. The van der Waals surface area contributed by atoms with E-state index >= 15 is 0 Å². The average Bonchev–Trinajstić information content (AvgIpc) is 2.78. The number of hydrogen-bond acceptors (Lipinski definition) is 2. The lowest BCUT2D eigenvalue weighted by Crippen LogP contribution is -2.84. The Kier molecular flexibility index (Phi) is 5.82. The Morgan fingerprint density at radius 2 is 1.48 bits per heavy atom. The van der Waals surface area contributed by atoms with Gasteiger partial charge in [-0.3, -0.25) is 9.36 Å². The van der Waals surface area contributed by atoms with Gasteiger partial charge in [-0.25, -0.2) is 4.98 Å². The molecule has 0 spiro atoms. The molecule has 4 nitrogen and oxygen atoms in total. The minimum absolute atomic E-state index is 0.0287. The number of rotatable bonds is 7. The second-order valence-corrected chi connectivity index (χ2v) is 7.30. The largest absolute Gasteiger partial charge is 0.334 e. The van der Waals surface area contributed by atoms with Crippen LogP contribution in [0.5, 0.6) is 0 Å². The van der Waals surface area contributed by atoms with Crippen LogP contribution in [0.3, 0.4) is 0 Å². The van der Waals surface area contributed by atoms with Crippen molar-refractivity contribution in [3.05, 3.63) is 112 Å². The summed E-state index contributed by atoms with van der Waals surface area (Å²) in [4.78, 5) is 18.3. The van der Waals surface area contributed by atoms with Gasteiger partial charge in [0.05, 0.1) is 17.4 Å². The molecule has 0 aliphatic rings. The molecule has 4 heteroatoms. The van der Waals surface area contributed by atoms with Gasteiger partial charge >= 0.3 is 0 Å². The number of para-hydroxylation sites is 1. The molecule has 0 bridgehead atoms. The molecule has 0 aliphatic heterocycles. The Morgan fingerprint density at radius 1 is 0.862 bits per heavy atom. The van der Waals surface area contributed by atoms with Crippen molar-refractivity contribution in [2.24, 2.45) is 0 Å². The molecule has 146 valence electrons. The van der Waals surface area contributed by atoms with Crippen LogP contribution in [0.25, 0.3) is 10.9 Å². The van der Waals surface area contributed by atoms with Crippen molar-refractivity contribution < 1.29 is 5.32 Å². The molecule has 0 saturated carbocycles. The van der Waals surface area contributed by atoms with Gasteiger partial charge in [0, 0.05) is 12.0 Å². The van der Waals surface area contributed by atoms with Gasteiger partial charge in [-0.1, -0.05) is 79.7 Å². The number of quaternary nitrogens is 1. The molecular weight excluding hydrogens is 358 g/mol. The maximum atomic E-state index is 13.4. The van der Waals surface area contributed by atoms with Gasteiger partial charge in [0.1, 0.15) is 12.6 Å². The first-order valence-electron chi connectivity index (χ1n) is 10.2. The van der Waals surface area contributed by atoms with E-state index in [-0.39, 0.29) is 11.6 Å². The Bertz CT molecular complexity index is 1140. The van der Waals surface area contributed by atoms with Crippen LogP contribution in [0.4, 0.5) is 0 Å². The van der Waals surface area contributed by atoms with Crippen molar-refractivity contribution >= 4 is 10.9 Å². The summed E-state index contributed by atoms with van der Waals surface area (Å²) in [7, 11) is 0. The quantitative estimate of drug-likeness (QED) is 0.529. The molecule has 2 N–H and O–H groups in total. The molecule has 4 aromatic rings. The molecular formula is C25H26N3O+. The molecule has 0 radical (unpaired) electrons. The van der Waals surface area contributed by atoms with Gasteiger partial charge in [0.15, 0.2) is 5.82 Å². The fourth-order valence-corrected chi connectivity index (χ4v) is 3.73. The van der Waals surface area contributed by atoms with Crippen LogP contribution in [0, 0.1) is 0 Å². The zero-order chi connectivity index (χ0) is 20.1. The zero-order valence-electron chi connectivity index (χ0n) is 16.7. The highest BCUT2D eigenvalue weighted by Crippen LogP contribution is 2.16. The van der Waals surface area contributed by atoms with Crippen molar-refractivity contribution in [2.75, 3.05) is 0 Å². The Morgan fingerprint density at radius 3 is 2.17 bits per heavy atom. The monoisotopic (exact) mass is 384 g/mol. The molecule has 1 aromatic heterocycles. The summed E-state index contributed by atoms with van der Waals surface area (Å²) in [5.74, 6) is 0.844. The normalized spacial score (nSPS) is 12.2. The van der Waals surface area contributed by atoms with Crippen LogP contribution >= 0.6 is 0 Å². The highest BCUT2D eigenvalue weighted by Gasteiger charge is 2.21. The predicted octanol–water partition coefficient (Wildman–Crippen LogP) is 3.66. The number of hydrogen-bond donors (Lipinski definition) is 1. The van der Waals surface area contributed by atoms with E-state index in [1.54, 1.807) is 0 Å². The molecule has 0 aliphatic carbocycles. The third-order valence-corrected chi connectivity index (χ3v) is 5.33. The van der Waals surface area contributed by atoms with Gasteiger partial charge < -0.3 is 5.32 Å². The second-order valence-electron chi connectivity index (χ2n) is 7.30. The van der Waals surface area contributed by atoms with E-state index in [4.69, 9.17) is 4.98 Å². The van der Waals surface area contributed by atoms with E-state index in [9.17, 15) is 4.79 Å². The first-order valence-corrected chi connectivity index (χ1v) is 10.2. The van der Waals surface area contributed by atoms with Gasteiger partial charge in [0.2, 0.25) is 0 Å². The lowest BCUT2D eigenvalue weighted by molar-refractivity contribution is -0.712. The summed E-state index contributed by atoms with van der Waals surface area (Å²) in [5.41, 5.74) is 3.17. The maximum absolute atomic E-state index is 13.4. The molecule has 0 fully saturated rings. The molecule has 0 saturated heterocycles. The van der Waals surface area contributed by atoms with Gasteiger partial charge in [-0.15, -0.1) is 0 Å². The van der Waals surface area contributed by atoms with Crippen molar-refractivity contribution in [2.45, 2.75) is 32.5 Å². The first kappa shape index (κ1) is 19.1. The van der Waals surface area contributed by atoms with E-state index in [1.165, 1.54) is 5.56 Å². The fourth-order valence-electron chi connectivity index (χ4n) is 3.73. The van der Waals surface area contributed by atoms with Crippen molar-refractivity contribution in [3.63, 3.8) is 0 Å². The SMILES string of the molecule is CC[C@H]([NH2+]Cc1ccccc1)c1nc2ccccc2c(=O)n1Cc1ccccc1. The Labute approximate surface area is 170 Å². The molecule has 1 atom stereocenters. The zero-order valence-corrected chi connectivity index (χ0v) is 16.7. The van der Waals surface area contributed by atoms with Crippen molar-refractivity contribution in [1.29, 1.82) is 0 Å². The van der Waals surface area contributed by atoms with Gasteiger partial charge in [0.25, 0.3) is 5.56 Å². The lowest BCUT2D eigenvalue weighted by atomic mass is 10.1. The first-order chi connectivity index (χ1) is 14.3. The molecule has 4 rings (SSSR count). The summed E-state index contributed by atoms with van der Waals surface area (Å²) >= 11 is 0. The van der Waals surface area contributed by atoms with E-state index < -0.39 is 0 Å². The van der Waals surface area contributed by atoms with Gasteiger partial charge in [-0.2, -0.15) is 0 Å². The van der Waals surface area contributed by atoms with Crippen LogP contribution in [-0.2, 0) is 13.1 Å². The summed E-state index contributed by atoms with van der Waals surface area (Å²) < 4.78 is 1.85. The molecule has 0 amide bonds. The van der Waals surface area contributed by atoms with E-state index in [2.05, 4.69) is 48.6 Å².